The number of phenols is 1. The quantitative estimate of drug-likeness (QED) is 0.537. The minimum atomic E-state index is -1.12. The molecule has 4 rings (SSSR count). The van der Waals surface area contributed by atoms with Gasteiger partial charge < -0.3 is 29.7 Å². The minimum Gasteiger partial charge on any atom is -0.508 e. The molecule has 1 aliphatic heterocycles. The number of aromatic hydroxyl groups is 1. The van der Waals surface area contributed by atoms with E-state index in [4.69, 9.17) is 16.3 Å². The van der Waals surface area contributed by atoms with E-state index in [0.717, 1.165) is 22.0 Å². The highest BCUT2D eigenvalue weighted by Crippen LogP contribution is 2.39. The summed E-state index contributed by atoms with van der Waals surface area (Å²) in [7, 11) is 0. The van der Waals surface area contributed by atoms with Crippen molar-refractivity contribution >= 4 is 22.5 Å². The maximum Gasteiger partial charge on any atom is 0.115 e. The van der Waals surface area contributed by atoms with Gasteiger partial charge in [0.15, 0.2) is 0 Å². The van der Waals surface area contributed by atoms with Gasteiger partial charge in [-0.3, -0.25) is 0 Å². The maximum atomic E-state index is 10.2. The monoisotopic (exact) mass is 403 g/mol. The molecule has 148 valence electrons. The first-order valence-electron chi connectivity index (χ1n) is 9.15. The van der Waals surface area contributed by atoms with E-state index >= 15 is 0 Å². The van der Waals surface area contributed by atoms with Crippen LogP contribution in [0.5, 0.6) is 5.75 Å². The van der Waals surface area contributed by atoms with Gasteiger partial charge >= 0.3 is 0 Å². The van der Waals surface area contributed by atoms with Crippen LogP contribution in [0, 0.1) is 0 Å². The third-order valence-electron chi connectivity index (χ3n) is 5.27. The summed E-state index contributed by atoms with van der Waals surface area (Å²) >= 11 is 6.49. The molecular formula is C21H22ClNO5. The van der Waals surface area contributed by atoms with Gasteiger partial charge in [-0.1, -0.05) is 29.8 Å². The highest BCUT2D eigenvalue weighted by molar-refractivity contribution is 6.35. The van der Waals surface area contributed by atoms with Crippen molar-refractivity contribution in [2.75, 3.05) is 6.61 Å². The summed E-state index contributed by atoms with van der Waals surface area (Å²) in [6.45, 7) is 0.188. The van der Waals surface area contributed by atoms with Gasteiger partial charge in [-0.2, -0.15) is 0 Å². The Kier molecular flexibility index (Phi) is 5.31. The van der Waals surface area contributed by atoms with Crippen LogP contribution in [0.4, 0.5) is 0 Å². The van der Waals surface area contributed by atoms with Crippen LogP contribution in [0.2, 0.25) is 5.02 Å². The number of aliphatic hydroxyl groups is 3. The van der Waals surface area contributed by atoms with Gasteiger partial charge in [-0.05, 0) is 29.8 Å². The molecule has 1 aliphatic rings. The van der Waals surface area contributed by atoms with Crippen molar-refractivity contribution in [3.63, 3.8) is 0 Å². The average Bonchev–Trinajstić information content (AvgIpc) is 3.05. The molecule has 0 unspecified atom stereocenters. The molecule has 0 bridgehead atoms. The lowest BCUT2D eigenvalue weighted by atomic mass is 9.94. The van der Waals surface area contributed by atoms with Crippen LogP contribution in [-0.2, 0) is 11.3 Å². The van der Waals surface area contributed by atoms with Crippen molar-refractivity contribution in [2.24, 2.45) is 0 Å². The number of hydrogen-bond acceptors (Lipinski definition) is 5. The van der Waals surface area contributed by atoms with Gasteiger partial charge in [-0.25, -0.2) is 0 Å². The van der Waals surface area contributed by atoms with Crippen molar-refractivity contribution in [3.8, 4) is 5.75 Å². The van der Waals surface area contributed by atoms with E-state index in [1.165, 1.54) is 0 Å². The number of halogens is 1. The Hall–Kier alpha value is -2.09. The number of benzene rings is 2. The third kappa shape index (κ3) is 3.50. The molecule has 0 amide bonds. The first kappa shape index (κ1) is 19.2. The molecule has 0 aliphatic carbocycles. The SMILES string of the molecule is OC[C@H]1O[C@@H](c2cn(Cc3ccc(O)cc3)c3cccc(Cl)c23)C[C@@H](O)[C@H]1O. The highest BCUT2D eigenvalue weighted by atomic mass is 35.5. The lowest BCUT2D eigenvalue weighted by Gasteiger charge is -2.36. The van der Waals surface area contributed by atoms with E-state index in [1.54, 1.807) is 18.2 Å². The van der Waals surface area contributed by atoms with Gasteiger partial charge in [0.1, 0.15) is 18.0 Å². The second-order valence-corrected chi connectivity index (χ2v) is 7.56. The van der Waals surface area contributed by atoms with Crippen molar-refractivity contribution in [3.05, 3.63) is 64.8 Å². The second kappa shape index (κ2) is 7.73. The fraction of sp³-hybridized carbons (Fsp3) is 0.333. The predicted octanol–water partition coefficient (Wildman–Crippen LogP) is 2.59. The van der Waals surface area contributed by atoms with Crippen LogP contribution in [-0.4, -0.2) is 49.9 Å². The zero-order chi connectivity index (χ0) is 19.8. The summed E-state index contributed by atoms with van der Waals surface area (Å²) in [5.74, 6) is 0.211. The normalized spacial score (nSPS) is 25.3. The Balaban J connectivity index is 1.75. The third-order valence-corrected chi connectivity index (χ3v) is 5.59. The van der Waals surface area contributed by atoms with E-state index in [1.807, 2.05) is 35.0 Å². The topological polar surface area (TPSA) is 95.1 Å². The van der Waals surface area contributed by atoms with E-state index in [9.17, 15) is 20.4 Å². The fourth-order valence-electron chi connectivity index (χ4n) is 3.82. The highest BCUT2D eigenvalue weighted by Gasteiger charge is 2.38. The molecule has 6 nitrogen and oxygen atoms in total. The van der Waals surface area contributed by atoms with Crippen LogP contribution in [0.3, 0.4) is 0 Å². The molecule has 4 N–H and O–H groups in total. The molecule has 28 heavy (non-hydrogen) atoms. The number of nitrogens with zero attached hydrogens (tertiary/aromatic N) is 1. The molecule has 0 saturated carbocycles. The Morgan fingerprint density at radius 1 is 1.11 bits per heavy atom. The summed E-state index contributed by atoms with van der Waals surface area (Å²) in [5, 5.41) is 40.6. The number of ether oxygens (including phenoxy) is 1. The van der Waals surface area contributed by atoms with Crippen LogP contribution >= 0.6 is 11.6 Å². The van der Waals surface area contributed by atoms with Crippen molar-refractivity contribution in [2.45, 2.75) is 37.4 Å². The molecule has 2 aromatic carbocycles. The Morgan fingerprint density at radius 2 is 1.86 bits per heavy atom. The van der Waals surface area contributed by atoms with E-state index in [0.29, 0.717) is 11.6 Å². The summed E-state index contributed by atoms with van der Waals surface area (Å²) in [4.78, 5) is 0. The number of phenolic OH excluding ortho intramolecular Hbond substituents is 1. The van der Waals surface area contributed by atoms with Gasteiger partial charge in [0.05, 0.1) is 29.4 Å². The molecule has 0 spiro atoms. The van der Waals surface area contributed by atoms with Gasteiger partial charge in [0.25, 0.3) is 0 Å². The Labute approximate surface area is 167 Å². The lowest BCUT2D eigenvalue weighted by Crippen LogP contribution is -2.47. The molecule has 1 aromatic heterocycles. The Morgan fingerprint density at radius 3 is 2.57 bits per heavy atom. The van der Waals surface area contributed by atoms with Crippen LogP contribution in [0.15, 0.2) is 48.7 Å². The van der Waals surface area contributed by atoms with E-state index in [-0.39, 0.29) is 18.8 Å². The van der Waals surface area contributed by atoms with Gasteiger partial charge in [0.2, 0.25) is 0 Å². The zero-order valence-corrected chi connectivity index (χ0v) is 15.8. The number of rotatable bonds is 4. The molecular weight excluding hydrogens is 382 g/mol. The summed E-state index contributed by atoms with van der Waals surface area (Å²) in [6.07, 6.45) is -1.32. The van der Waals surface area contributed by atoms with Gasteiger partial charge in [0, 0.05) is 30.1 Å². The summed E-state index contributed by atoms with van der Waals surface area (Å²) in [5.41, 5.74) is 2.73. The molecule has 3 aromatic rings. The molecule has 2 heterocycles. The zero-order valence-electron chi connectivity index (χ0n) is 15.1. The van der Waals surface area contributed by atoms with E-state index < -0.39 is 24.4 Å². The largest absolute Gasteiger partial charge is 0.508 e. The standard InChI is InChI=1S/C21H22ClNO5/c22-15-2-1-3-16-20(15)14(18-8-17(26)21(27)19(11-24)28-18)10-23(16)9-12-4-6-13(25)7-5-12/h1-7,10,17-19,21,24-27H,8-9,11H2/t17-,18-,19-,21-/m1/s1. The van der Waals surface area contributed by atoms with Crippen LogP contribution in [0.25, 0.3) is 10.9 Å². The van der Waals surface area contributed by atoms with Crippen molar-refractivity contribution < 1.29 is 25.2 Å². The van der Waals surface area contributed by atoms with Crippen molar-refractivity contribution in [1.82, 2.24) is 4.57 Å². The second-order valence-electron chi connectivity index (χ2n) is 7.15. The fourth-order valence-corrected chi connectivity index (χ4v) is 4.10. The number of fused-ring (bicyclic) bond motifs is 1. The van der Waals surface area contributed by atoms with E-state index in [2.05, 4.69) is 0 Å². The smallest absolute Gasteiger partial charge is 0.115 e. The summed E-state index contributed by atoms with van der Waals surface area (Å²) < 4.78 is 7.92. The van der Waals surface area contributed by atoms with Crippen molar-refractivity contribution in [1.29, 1.82) is 0 Å². The summed E-state index contributed by atoms with van der Waals surface area (Å²) in [6, 6.07) is 12.6. The number of hydrogen-bond donors (Lipinski definition) is 4. The molecule has 0 radical (unpaired) electrons. The number of aromatic nitrogens is 1. The first-order valence-corrected chi connectivity index (χ1v) is 9.53. The first-order chi connectivity index (χ1) is 13.5. The average molecular weight is 404 g/mol. The molecule has 1 saturated heterocycles. The lowest BCUT2D eigenvalue weighted by molar-refractivity contribution is -0.181. The van der Waals surface area contributed by atoms with Gasteiger partial charge in [-0.15, -0.1) is 0 Å². The molecule has 4 atom stereocenters. The van der Waals surface area contributed by atoms with Crippen LogP contribution < -0.4 is 0 Å². The minimum absolute atomic E-state index is 0.210. The Bertz CT molecular complexity index is 971. The molecule has 7 heteroatoms. The molecule has 1 fully saturated rings. The predicted molar refractivity (Wildman–Crippen MR) is 105 cm³/mol. The number of aliphatic hydroxyl groups excluding tert-OH is 3. The maximum absolute atomic E-state index is 10.2. The van der Waals surface area contributed by atoms with Crippen LogP contribution in [0.1, 0.15) is 23.7 Å².